The van der Waals surface area contributed by atoms with Crippen LogP contribution in [0.2, 0.25) is 0 Å². The van der Waals surface area contributed by atoms with Gasteiger partial charge in [0.1, 0.15) is 33.9 Å². The SMILES string of the molecule is COc1ccc(-c2nsc(C(=O)N(c3cccc(OC)c3)C(C(=O)NC3CCCC3)c3ccc(OC)cc3)c2N)cc1. The van der Waals surface area contributed by atoms with Crippen molar-refractivity contribution in [3.05, 3.63) is 83.2 Å². The van der Waals surface area contributed by atoms with E-state index in [1.165, 1.54) is 4.90 Å². The first-order valence-corrected chi connectivity index (χ1v) is 14.5. The Morgan fingerprint density at radius 3 is 2.14 bits per heavy atom. The molecule has 9 nitrogen and oxygen atoms in total. The largest absolute Gasteiger partial charge is 0.497 e. The maximum atomic E-state index is 14.5. The molecule has 3 aromatic carbocycles. The number of rotatable bonds is 10. The predicted molar refractivity (Wildman–Crippen MR) is 164 cm³/mol. The van der Waals surface area contributed by atoms with E-state index in [9.17, 15) is 9.59 Å². The zero-order valence-electron chi connectivity index (χ0n) is 23.8. The molecule has 0 saturated heterocycles. The number of amides is 2. The molecule has 0 bridgehead atoms. The van der Waals surface area contributed by atoms with Gasteiger partial charge in [0, 0.05) is 23.4 Å². The van der Waals surface area contributed by atoms with E-state index in [1.54, 1.807) is 69.9 Å². The summed E-state index contributed by atoms with van der Waals surface area (Å²) in [7, 11) is 4.73. The molecule has 4 aromatic rings. The number of nitrogens with zero attached hydrogens (tertiary/aromatic N) is 2. The molecule has 2 amide bonds. The molecule has 1 fully saturated rings. The van der Waals surface area contributed by atoms with Crippen LogP contribution in [0.4, 0.5) is 11.4 Å². The van der Waals surface area contributed by atoms with Gasteiger partial charge >= 0.3 is 0 Å². The van der Waals surface area contributed by atoms with E-state index in [-0.39, 0.29) is 22.5 Å². The Morgan fingerprint density at radius 2 is 1.52 bits per heavy atom. The van der Waals surface area contributed by atoms with Crippen LogP contribution in [0.15, 0.2) is 72.8 Å². The lowest BCUT2D eigenvalue weighted by Gasteiger charge is -2.32. The molecule has 0 spiro atoms. The number of ether oxygens (including phenoxy) is 3. The molecule has 1 aliphatic rings. The average Bonchev–Trinajstić information content (AvgIpc) is 3.69. The van der Waals surface area contributed by atoms with E-state index in [0.29, 0.717) is 34.2 Å². The van der Waals surface area contributed by atoms with Gasteiger partial charge in [0.05, 0.1) is 27.0 Å². The highest BCUT2D eigenvalue weighted by molar-refractivity contribution is 7.09. The second kappa shape index (κ2) is 12.9. The molecule has 0 aliphatic heterocycles. The van der Waals surface area contributed by atoms with Crippen molar-refractivity contribution in [2.45, 2.75) is 37.8 Å². The van der Waals surface area contributed by atoms with Gasteiger partial charge in [-0.1, -0.05) is 31.0 Å². The fraction of sp³-hybridized carbons (Fsp3) is 0.281. The summed E-state index contributed by atoms with van der Waals surface area (Å²) in [5.41, 5.74) is 9.19. The van der Waals surface area contributed by atoms with Gasteiger partial charge in [0.15, 0.2) is 0 Å². The maximum Gasteiger partial charge on any atom is 0.273 e. The molecular weight excluding hydrogens is 552 g/mol. The monoisotopic (exact) mass is 586 g/mol. The van der Waals surface area contributed by atoms with Crippen molar-refractivity contribution in [2.24, 2.45) is 0 Å². The van der Waals surface area contributed by atoms with Gasteiger partial charge in [-0.05, 0) is 78.5 Å². The van der Waals surface area contributed by atoms with Crippen LogP contribution in [-0.2, 0) is 4.79 Å². The van der Waals surface area contributed by atoms with Crippen molar-refractivity contribution < 1.29 is 23.8 Å². The highest BCUT2D eigenvalue weighted by Gasteiger charge is 2.37. The van der Waals surface area contributed by atoms with Crippen LogP contribution in [0.3, 0.4) is 0 Å². The van der Waals surface area contributed by atoms with Crippen molar-refractivity contribution in [1.82, 2.24) is 9.69 Å². The minimum atomic E-state index is -0.998. The van der Waals surface area contributed by atoms with Crippen molar-refractivity contribution in [2.75, 3.05) is 32.0 Å². The molecule has 0 radical (unpaired) electrons. The van der Waals surface area contributed by atoms with Gasteiger partial charge in [0.25, 0.3) is 5.91 Å². The van der Waals surface area contributed by atoms with E-state index in [4.69, 9.17) is 19.9 Å². The number of methoxy groups -OCH3 is 3. The zero-order valence-corrected chi connectivity index (χ0v) is 24.6. The molecule has 1 saturated carbocycles. The lowest BCUT2D eigenvalue weighted by Crippen LogP contribution is -2.46. The molecule has 42 heavy (non-hydrogen) atoms. The molecule has 1 heterocycles. The number of carbonyl (C=O) groups is 2. The highest BCUT2D eigenvalue weighted by Crippen LogP contribution is 2.38. The number of nitrogens with two attached hydrogens (primary N) is 1. The van der Waals surface area contributed by atoms with Gasteiger partial charge in [-0.15, -0.1) is 0 Å². The van der Waals surface area contributed by atoms with Crippen LogP contribution in [0.25, 0.3) is 11.3 Å². The van der Waals surface area contributed by atoms with Gasteiger partial charge < -0.3 is 25.3 Å². The topological polar surface area (TPSA) is 116 Å². The van der Waals surface area contributed by atoms with Crippen molar-refractivity contribution in [3.63, 3.8) is 0 Å². The standard InChI is InChI=1S/C32H34N4O5S/c1-39-24-15-11-20(12-16-24)28-27(33)30(42-35-28)32(38)36(23-9-6-10-26(19-23)41-3)29(21-13-17-25(40-2)18-14-21)31(37)34-22-7-4-5-8-22/h6,9-19,22,29H,4-5,7-8,33H2,1-3H3,(H,34,37). The third-order valence-corrected chi connectivity index (χ3v) is 8.33. The Hall–Kier alpha value is -4.57. The van der Waals surface area contributed by atoms with Crippen LogP contribution in [0.5, 0.6) is 17.2 Å². The van der Waals surface area contributed by atoms with Crippen LogP contribution < -0.4 is 30.2 Å². The van der Waals surface area contributed by atoms with Gasteiger partial charge in [-0.25, -0.2) is 0 Å². The lowest BCUT2D eigenvalue weighted by atomic mass is 10.0. The number of aromatic nitrogens is 1. The maximum absolute atomic E-state index is 14.5. The Balaban J connectivity index is 1.61. The second-order valence-corrected chi connectivity index (χ2v) is 10.8. The predicted octanol–water partition coefficient (Wildman–Crippen LogP) is 5.87. The molecule has 1 aromatic heterocycles. The Labute approximate surface area is 249 Å². The molecule has 1 atom stereocenters. The number of hydrogen-bond acceptors (Lipinski definition) is 8. The minimum Gasteiger partial charge on any atom is -0.497 e. The average molecular weight is 587 g/mol. The number of carbonyl (C=O) groups excluding carboxylic acids is 2. The van der Waals surface area contributed by atoms with E-state index in [2.05, 4.69) is 9.69 Å². The van der Waals surface area contributed by atoms with E-state index >= 15 is 0 Å². The van der Waals surface area contributed by atoms with Crippen molar-refractivity contribution >= 4 is 34.7 Å². The zero-order chi connectivity index (χ0) is 29.6. The first kappa shape index (κ1) is 28.9. The smallest absolute Gasteiger partial charge is 0.273 e. The third kappa shape index (κ3) is 6.03. The fourth-order valence-electron chi connectivity index (χ4n) is 5.22. The quantitative estimate of drug-likeness (QED) is 0.239. The van der Waals surface area contributed by atoms with Crippen LogP contribution >= 0.6 is 11.5 Å². The number of benzene rings is 3. The summed E-state index contributed by atoms with van der Waals surface area (Å²) >= 11 is 1.00. The molecule has 218 valence electrons. The Kier molecular flexibility index (Phi) is 8.92. The summed E-state index contributed by atoms with van der Waals surface area (Å²) in [6.07, 6.45) is 3.92. The Morgan fingerprint density at radius 1 is 0.905 bits per heavy atom. The molecule has 10 heteroatoms. The first-order chi connectivity index (χ1) is 20.4. The summed E-state index contributed by atoms with van der Waals surface area (Å²) in [6, 6.07) is 20.6. The number of hydrogen-bond donors (Lipinski definition) is 2. The van der Waals surface area contributed by atoms with E-state index in [1.807, 2.05) is 24.3 Å². The van der Waals surface area contributed by atoms with Gasteiger partial charge in [-0.2, -0.15) is 4.37 Å². The normalized spacial score (nSPS) is 13.8. The minimum absolute atomic E-state index is 0.0515. The summed E-state index contributed by atoms with van der Waals surface area (Å²) in [5.74, 6) is 1.17. The number of nitrogen functional groups attached to an aromatic ring is 1. The van der Waals surface area contributed by atoms with E-state index in [0.717, 1.165) is 42.8 Å². The van der Waals surface area contributed by atoms with Crippen molar-refractivity contribution in [3.8, 4) is 28.5 Å². The molecule has 5 rings (SSSR count). The van der Waals surface area contributed by atoms with Crippen molar-refractivity contribution in [1.29, 1.82) is 0 Å². The summed E-state index contributed by atoms with van der Waals surface area (Å²) < 4.78 is 20.6. The van der Waals surface area contributed by atoms with Crippen LogP contribution in [0, 0.1) is 0 Å². The number of nitrogens with one attached hydrogen (secondary N) is 1. The van der Waals surface area contributed by atoms with Crippen LogP contribution in [-0.4, -0.2) is 43.6 Å². The summed E-state index contributed by atoms with van der Waals surface area (Å²) in [4.78, 5) is 30.4. The first-order valence-electron chi connectivity index (χ1n) is 13.7. The molecule has 1 aliphatic carbocycles. The van der Waals surface area contributed by atoms with Gasteiger partial charge in [0.2, 0.25) is 5.91 Å². The Bertz CT molecular complexity index is 1530. The fourth-order valence-corrected chi connectivity index (χ4v) is 5.97. The molecule has 3 N–H and O–H groups in total. The second-order valence-electron chi connectivity index (χ2n) is 10.0. The third-order valence-electron chi connectivity index (χ3n) is 7.48. The van der Waals surface area contributed by atoms with E-state index < -0.39 is 11.9 Å². The molecular formula is C32H34N4O5S. The molecule has 1 unspecified atom stereocenters. The number of anilines is 2. The summed E-state index contributed by atoms with van der Waals surface area (Å²) in [6.45, 7) is 0. The highest BCUT2D eigenvalue weighted by atomic mass is 32.1. The van der Waals surface area contributed by atoms with Gasteiger partial charge in [-0.3, -0.25) is 14.5 Å². The van der Waals surface area contributed by atoms with Crippen LogP contribution in [0.1, 0.15) is 47.0 Å². The lowest BCUT2D eigenvalue weighted by molar-refractivity contribution is -0.123. The summed E-state index contributed by atoms with van der Waals surface area (Å²) in [5, 5.41) is 3.20.